The molecule has 0 atom stereocenters. The van der Waals surface area contributed by atoms with Crippen molar-refractivity contribution in [3.05, 3.63) is 93.5 Å². The minimum atomic E-state index is -0.170. The Kier molecular flexibility index (Phi) is 5.83. The molecule has 0 aromatic heterocycles. The van der Waals surface area contributed by atoms with Crippen molar-refractivity contribution < 1.29 is 9.59 Å². The van der Waals surface area contributed by atoms with E-state index in [1.165, 1.54) is 0 Å². The lowest BCUT2D eigenvalue weighted by Crippen LogP contribution is -2.17. The number of benzene rings is 3. The summed E-state index contributed by atoms with van der Waals surface area (Å²) in [6.45, 7) is 9.79. The first-order valence-electron chi connectivity index (χ1n) is 9.63. The van der Waals surface area contributed by atoms with Gasteiger partial charge in [-0.05, 0) is 75.6 Å². The maximum absolute atomic E-state index is 12.7. The van der Waals surface area contributed by atoms with Crippen LogP contribution in [0.3, 0.4) is 0 Å². The molecule has 0 heterocycles. The fourth-order valence-corrected chi connectivity index (χ4v) is 3.35. The molecule has 0 spiro atoms. The molecule has 0 aliphatic heterocycles. The first-order chi connectivity index (χ1) is 13.8. The molecule has 0 fully saturated rings. The van der Waals surface area contributed by atoms with Gasteiger partial charge in [-0.15, -0.1) is 0 Å². The molecule has 29 heavy (non-hydrogen) atoms. The van der Waals surface area contributed by atoms with E-state index >= 15 is 0 Å². The predicted molar refractivity (Wildman–Crippen MR) is 119 cm³/mol. The van der Waals surface area contributed by atoms with Crippen LogP contribution in [0.5, 0.6) is 0 Å². The molecule has 0 aliphatic rings. The maximum Gasteiger partial charge on any atom is 0.255 e. The lowest BCUT2D eigenvalue weighted by atomic mass is 10.0. The van der Waals surface area contributed by atoms with Crippen LogP contribution in [0.4, 0.5) is 11.4 Å². The van der Waals surface area contributed by atoms with Crippen molar-refractivity contribution in [1.82, 2.24) is 0 Å². The topological polar surface area (TPSA) is 58.2 Å². The fourth-order valence-electron chi connectivity index (χ4n) is 3.35. The van der Waals surface area contributed by atoms with Crippen LogP contribution in [-0.4, -0.2) is 11.8 Å². The van der Waals surface area contributed by atoms with Gasteiger partial charge in [-0.1, -0.05) is 41.5 Å². The van der Waals surface area contributed by atoms with Crippen LogP contribution in [0.2, 0.25) is 0 Å². The Labute approximate surface area is 172 Å². The van der Waals surface area contributed by atoms with E-state index in [1.54, 1.807) is 0 Å². The smallest absolute Gasteiger partial charge is 0.255 e. The Bertz CT molecular complexity index is 982. The summed E-state index contributed by atoms with van der Waals surface area (Å²) in [4.78, 5) is 25.4. The standard InChI is InChI=1S/C25H26N2O2/c1-15-6-10-20(11-7-15)24(28)26-22-17(3)14-18(4)23(19(22)5)27-25(29)21-12-8-16(2)9-13-21/h6-14H,1-5H3,(H,26,28)(H,27,29). The molecule has 0 unspecified atom stereocenters. The Hall–Kier alpha value is -3.40. The second-order valence-corrected chi connectivity index (χ2v) is 7.53. The third-order valence-corrected chi connectivity index (χ3v) is 5.08. The summed E-state index contributed by atoms with van der Waals surface area (Å²) in [7, 11) is 0. The van der Waals surface area contributed by atoms with Gasteiger partial charge in [0.2, 0.25) is 0 Å². The van der Waals surface area contributed by atoms with E-state index in [2.05, 4.69) is 10.6 Å². The number of rotatable bonds is 4. The maximum atomic E-state index is 12.7. The molecule has 0 aliphatic carbocycles. The fraction of sp³-hybridized carbons (Fsp3) is 0.200. The molecule has 3 aromatic rings. The Balaban J connectivity index is 1.89. The Morgan fingerprint density at radius 2 is 0.931 bits per heavy atom. The summed E-state index contributed by atoms with van der Waals surface area (Å²) in [6, 6.07) is 16.9. The quantitative estimate of drug-likeness (QED) is 0.601. The number of anilines is 2. The van der Waals surface area contributed by atoms with Crippen LogP contribution >= 0.6 is 0 Å². The van der Waals surface area contributed by atoms with Gasteiger partial charge >= 0.3 is 0 Å². The molecule has 0 saturated heterocycles. The normalized spacial score (nSPS) is 10.5. The monoisotopic (exact) mass is 386 g/mol. The van der Waals surface area contributed by atoms with E-state index in [9.17, 15) is 9.59 Å². The first kappa shape index (κ1) is 20.3. The second-order valence-electron chi connectivity index (χ2n) is 7.53. The molecule has 2 amide bonds. The third kappa shape index (κ3) is 4.54. The van der Waals surface area contributed by atoms with E-state index < -0.39 is 0 Å². The SMILES string of the molecule is Cc1ccc(C(=O)Nc2c(C)cc(C)c(NC(=O)c3ccc(C)cc3)c2C)cc1. The number of carbonyl (C=O) groups is 2. The van der Waals surface area contributed by atoms with E-state index in [-0.39, 0.29) is 11.8 Å². The van der Waals surface area contributed by atoms with Crippen molar-refractivity contribution in [2.45, 2.75) is 34.6 Å². The zero-order valence-electron chi connectivity index (χ0n) is 17.5. The summed E-state index contributed by atoms with van der Waals surface area (Å²) >= 11 is 0. The molecule has 2 N–H and O–H groups in total. The Morgan fingerprint density at radius 3 is 1.28 bits per heavy atom. The summed E-state index contributed by atoms with van der Waals surface area (Å²) < 4.78 is 0. The van der Waals surface area contributed by atoms with Gasteiger partial charge in [0.15, 0.2) is 0 Å². The summed E-state index contributed by atoms with van der Waals surface area (Å²) in [5.74, 6) is -0.341. The van der Waals surface area contributed by atoms with Crippen molar-refractivity contribution in [2.24, 2.45) is 0 Å². The van der Waals surface area contributed by atoms with Gasteiger partial charge < -0.3 is 10.6 Å². The van der Waals surface area contributed by atoms with Crippen molar-refractivity contribution in [2.75, 3.05) is 10.6 Å². The minimum absolute atomic E-state index is 0.170. The zero-order chi connectivity index (χ0) is 21.1. The predicted octanol–water partition coefficient (Wildman–Crippen LogP) is 5.73. The van der Waals surface area contributed by atoms with Gasteiger partial charge in [-0.25, -0.2) is 0 Å². The minimum Gasteiger partial charge on any atom is -0.321 e. The van der Waals surface area contributed by atoms with Crippen LogP contribution in [0.1, 0.15) is 48.5 Å². The van der Waals surface area contributed by atoms with E-state index in [0.717, 1.165) is 39.2 Å². The Morgan fingerprint density at radius 1 is 0.586 bits per heavy atom. The van der Waals surface area contributed by atoms with Gasteiger partial charge in [0, 0.05) is 22.5 Å². The molecule has 0 radical (unpaired) electrons. The molecule has 3 aromatic carbocycles. The molecule has 4 nitrogen and oxygen atoms in total. The van der Waals surface area contributed by atoms with Crippen LogP contribution in [0, 0.1) is 34.6 Å². The highest BCUT2D eigenvalue weighted by Crippen LogP contribution is 2.31. The second kappa shape index (κ2) is 8.31. The van der Waals surface area contributed by atoms with Crippen LogP contribution in [0.25, 0.3) is 0 Å². The molecular weight excluding hydrogens is 360 g/mol. The van der Waals surface area contributed by atoms with Crippen molar-refractivity contribution >= 4 is 23.2 Å². The molecule has 148 valence electrons. The molecule has 4 heteroatoms. The lowest BCUT2D eigenvalue weighted by molar-refractivity contribution is 0.101. The first-order valence-corrected chi connectivity index (χ1v) is 9.63. The number of hydrogen-bond acceptors (Lipinski definition) is 2. The van der Waals surface area contributed by atoms with E-state index in [4.69, 9.17) is 0 Å². The molecule has 0 bridgehead atoms. The van der Waals surface area contributed by atoms with Crippen LogP contribution < -0.4 is 10.6 Å². The largest absolute Gasteiger partial charge is 0.321 e. The van der Waals surface area contributed by atoms with Gasteiger partial charge in [0.05, 0.1) is 0 Å². The highest BCUT2D eigenvalue weighted by molar-refractivity contribution is 6.08. The average molecular weight is 386 g/mol. The summed E-state index contributed by atoms with van der Waals surface area (Å²) in [5, 5.41) is 6.02. The van der Waals surface area contributed by atoms with Crippen molar-refractivity contribution in [1.29, 1.82) is 0 Å². The zero-order valence-corrected chi connectivity index (χ0v) is 17.5. The van der Waals surface area contributed by atoms with Gasteiger partial charge in [-0.3, -0.25) is 9.59 Å². The number of nitrogens with one attached hydrogen (secondary N) is 2. The highest BCUT2D eigenvalue weighted by atomic mass is 16.2. The van der Waals surface area contributed by atoms with Crippen molar-refractivity contribution in [3.8, 4) is 0 Å². The van der Waals surface area contributed by atoms with Crippen LogP contribution in [0.15, 0.2) is 54.6 Å². The highest BCUT2D eigenvalue weighted by Gasteiger charge is 2.16. The number of hydrogen-bond donors (Lipinski definition) is 2. The van der Waals surface area contributed by atoms with Crippen molar-refractivity contribution in [3.63, 3.8) is 0 Å². The third-order valence-electron chi connectivity index (χ3n) is 5.08. The number of aryl methyl sites for hydroxylation is 4. The van der Waals surface area contributed by atoms with E-state index in [1.807, 2.05) is 89.2 Å². The lowest BCUT2D eigenvalue weighted by Gasteiger charge is -2.19. The number of amides is 2. The van der Waals surface area contributed by atoms with Gasteiger partial charge in [-0.2, -0.15) is 0 Å². The molecule has 3 rings (SSSR count). The van der Waals surface area contributed by atoms with Crippen LogP contribution in [-0.2, 0) is 0 Å². The average Bonchev–Trinajstić information content (AvgIpc) is 2.69. The molecule has 0 saturated carbocycles. The van der Waals surface area contributed by atoms with E-state index in [0.29, 0.717) is 11.1 Å². The summed E-state index contributed by atoms with van der Waals surface area (Å²) in [6.07, 6.45) is 0. The summed E-state index contributed by atoms with van der Waals surface area (Å²) in [5.41, 5.74) is 7.59. The molecular formula is C25H26N2O2. The van der Waals surface area contributed by atoms with Gasteiger partial charge in [0.25, 0.3) is 11.8 Å². The number of carbonyl (C=O) groups excluding carboxylic acids is 2. The van der Waals surface area contributed by atoms with Gasteiger partial charge in [0.1, 0.15) is 0 Å².